The Kier molecular flexibility index (Phi) is 31.1. The van der Waals surface area contributed by atoms with Crippen LogP contribution in [0.1, 0.15) is 156 Å². The van der Waals surface area contributed by atoms with Gasteiger partial charge in [0, 0.05) is 55.8 Å². The SMILES string of the molecule is C/C=C/C[C@@H](C)[C@@H](O)C1C(=O)N[C@@H](CC)C(=O)N(C)CC(=O)N(C)[C@@H](CC(C)C)C(=O)N[C@@H](C(C)C)C(=O)N(C)[C@@H](CC(C)C)C(=O)N[C@@H](C)C(=O)N[C@H](C)C(=O)N(C)[C@H](CC(C)(C)O)C(=O)N(C)[C@@H](CC(C)C)C(=O)N(C)[C@@H](C(C)C)C(=O)N1C. The Bertz CT molecular complexity index is 2370. The van der Waals surface area contributed by atoms with Gasteiger partial charge in [-0.2, -0.15) is 0 Å². The fraction of sp³-hybridized carbons (Fsp3) is 0.790. The number of nitrogens with zero attached hydrogens (tertiary/aromatic N) is 7. The number of nitrogens with one attached hydrogen (secondary N) is 4. The Morgan fingerprint density at radius 1 is 0.512 bits per heavy atom. The lowest BCUT2D eigenvalue weighted by Crippen LogP contribution is -2.63. The first-order valence-electron chi connectivity index (χ1n) is 30.6. The Balaban J connectivity index is 4.36. The van der Waals surface area contributed by atoms with Gasteiger partial charge in [-0.1, -0.05) is 95.2 Å². The molecule has 0 radical (unpaired) electrons. The molecule has 1 aliphatic rings. The molecule has 0 aromatic heterocycles. The maximum absolute atomic E-state index is 15.1. The monoisotopic (exact) mass is 1220 g/mol. The summed E-state index contributed by atoms with van der Waals surface area (Å²) in [5.74, 6) is -10.3. The van der Waals surface area contributed by atoms with Gasteiger partial charge in [-0.05, 0) is 102 Å². The Morgan fingerprint density at radius 3 is 1.42 bits per heavy atom. The van der Waals surface area contributed by atoms with E-state index in [0.717, 1.165) is 14.7 Å². The van der Waals surface area contributed by atoms with Crippen molar-refractivity contribution < 1.29 is 63.0 Å². The predicted octanol–water partition coefficient (Wildman–Crippen LogP) is 2.38. The van der Waals surface area contributed by atoms with Crippen molar-refractivity contribution >= 4 is 65.0 Å². The van der Waals surface area contributed by atoms with Crippen LogP contribution in [-0.2, 0) is 52.7 Å². The van der Waals surface area contributed by atoms with E-state index in [0.29, 0.717) is 6.42 Å². The molecule has 0 aromatic carbocycles. The first-order chi connectivity index (χ1) is 39.5. The van der Waals surface area contributed by atoms with E-state index < -0.39 is 161 Å². The normalized spacial score (nSPS) is 26.9. The number of hydrogen-bond donors (Lipinski definition) is 6. The molecule has 86 heavy (non-hydrogen) atoms. The predicted molar refractivity (Wildman–Crippen MR) is 330 cm³/mol. The maximum atomic E-state index is 15.1. The van der Waals surface area contributed by atoms with E-state index in [2.05, 4.69) is 21.3 Å². The summed E-state index contributed by atoms with van der Waals surface area (Å²) in [5, 5.41) is 34.2. The van der Waals surface area contributed by atoms with Crippen molar-refractivity contribution in [3.63, 3.8) is 0 Å². The van der Waals surface area contributed by atoms with Gasteiger partial charge in [0.2, 0.25) is 65.0 Å². The largest absolute Gasteiger partial charge is 0.390 e. The minimum atomic E-state index is -1.64. The van der Waals surface area contributed by atoms with Gasteiger partial charge in [0.25, 0.3) is 0 Å². The van der Waals surface area contributed by atoms with Crippen LogP contribution in [0, 0.1) is 35.5 Å². The lowest BCUT2D eigenvalue weighted by Gasteiger charge is -2.42. The molecule has 0 spiro atoms. The number of aliphatic hydroxyl groups excluding tert-OH is 1. The summed E-state index contributed by atoms with van der Waals surface area (Å²) in [5.41, 5.74) is -1.56. The van der Waals surface area contributed by atoms with Crippen molar-refractivity contribution in [2.24, 2.45) is 35.5 Å². The highest BCUT2D eigenvalue weighted by Gasteiger charge is 2.46. The van der Waals surface area contributed by atoms with Crippen LogP contribution in [0.4, 0.5) is 0 Å². The minimum absolute atomic E-state index is 0.00763. The van der Waals surface area contributed by atoms with E-state index in [4.69, 9.17) is 0 Å². The zero-order valence-electron chi connectivity index (χ0n) is 56.4. The molecule has 11 amide bonds. The molecule has 6 N–H and O–H groups in total. The van der Waals surface area contributed by atoms with Gasteiger partial charge in [-0.3, -0.25) is 52.7 Å². The summed E-state index contributed by atoms with van der Waals surface area (Å²) >= 11 is 0. The molecule has 0 aliphatic carbocycles. The second kappa shape index (κ2) is 34.4. The zero-order valence-corrected chi connectivity index (χ0v) is 56.4. The van der Waals surface area contributed by atoms with Crippen LogP contribution in [0.2, 0.25) is 0 Å². The summed E-state index contributed by atoms with van der Waals surface area (Å²) in [6.45, 7) is 28.1. The van der Waals surface area contributed by atoms with Gasteiger partial charge in [0.1, 0.15) is 60.4 Å². The smallest absolute Gasteiger partial charge is 0.246 e. The lowest BCUT2D eigenvalue weighted by atomic mass is 9.91. The standard InChI is InChI=1S/C62H111N11O13/c1-25-27-28-39(13)51(75)50-55(79)65-42(26-2)57(81)67(18)33-47(74)68(19)43(29-34(3)4)54(78)66-48(37(9)10)60(84)69(20)44(30-35(5)6)53(77)63-40(14)52(76)64-41(15)56(80)71(22)46(32-62(16,17)86)59(83)70(21)45(31-36(7)8)58(82)72(23)49(38(11)12)61(85)73(50)24/h25,27,34-46,48-51,75,86H,26,28-33H2,1-24H3,(H,63,77)(H,64,76)(H,65,79)(H,66,78)/b27-25+/t39-,40+,41-,42+,43+,44+,45+,46-,48+,49+,50?,51-/m1/s1. The maximum Gasteiger partial charge on any atom is 0.246 e. The first-order valence-corrected chi connectivity index (χ1v) is 30.6. The average Bonchev–Trinajstić information content (AvgIpc) is 2.11. The number of allylic oxidation sites excluding steroid dienone is 2. The molecular weight excluding hydrogens is 1110 g/mol. The lowest BCUT2D eigenvalue weighted by molar-refractivity contribution is -0.158. The molecule has 492 valence electrons. The van der Waals surface area contributed by atoms with Crippen LogP contribution in [0.3, 0.4) is 0 Å². The topological polar surface area (TPSA) is 299 Å². The number of rotatable bonds is 15. The third-order valence-electron chi connectivity index (χ3n) is 16.1. The van der Waals surface area contributed by atoms with Crippen LogP contribution in [-0.4, -0.2) is 237 Å². The van der Waals surface area contributed by atoms with Gasteiger partial charge in [0.15, 0.2) is 0 Å². The summed E-state index contributed by atoms with van der Waals surface area (Å²) in [6.07, 6.45) is 2.38. The Morgan fingerprint density at radius 2 is 0.953 bits per heavy atom. The minimum Gasteiger partial charge on any atom is -0.390 e. The molecule has 1 rings (SSSR count). The molecule has 1 heterocycles. The fourth-order valence-electron chi connectivity index (χ4n) is 10.7. The van der Waals surface area contributed by atoms with Crippen molar-refractivity contribution in [1.29, 1.82) is 0 Å². The second-order valence-corrected chi connectivity index (χ2v) is 26.5. The molecule has 0 aromatic rings. The molecule has 1 aliphatic heterocycles. The number of hydrogen-bond acceptors (Lipinski definition) is 13. The quantitative estimate of drug-likeness (QED) is 0.129. The van der Waals surface area contributed by atoms with E-state index in [1.54, 1.807) is 60.6 Å². The molecule has 1 saturated heterocycles. The van der Waals surface area contributed by atoms with E-state index in [9.17, 15) is 53.4 Å². The highest BCUT2D eigenvalue weighted by atomic mass is 16.3. The summed E-state index contributed by atoms with van der Waals surface area (Å²) in [6, 6.07) is -13.0. The average molecular weight is 1220 g/mol. The van der Waals surface area contributed by atoms with Gasteiger partial charge < -0.3 is 65.8 Å². The van der Waals surface area contributed by atoms with E-state index in [-0.39, 0.29) is 49.9 Å². The van der Waals surface area contributed by atoms with Crippen LogP contribution in [0.5, 0.6) is 0 Å². The summed E-state index contributed by atoms with van der Waals surface area (Å²) in [4.78, 5) is 168. The van der Waals surface area contributed by atoms with E-state index in [1.165, 1.54) is 96.6 Å². The second-order valence-electron chi connectivity index (χ2n) is 26.5. The highest BCUT2D eigenvalue weighted by molar-refractivity contribution is 5.99. The Hall–Kier alpha value is -6.17. The molecule has 0 saturated carbocycles. The number of likely N-dealkylation sites (N-methyl/N-ethyl adjacent to an activating group) is 7. The van der Waals surface area contributed by atoms with Crippen molar-refractivity contribution in [3.05, 3.63) is 12.2 Å². The van der Waals surface area contributed by atoms with Crippen molar-refractivity contribution in [2.75, 3.05) is 55.9 Å². The fourth-order valence-corrected chi connectivity index (χ4v) is 10.7. The molecule has 0 bridgehead atoms. The number of amides is 11. The number of carbonyl (C=O) groups excluding carboxylic acids is 11. The van der Waals surface area contributed by atoms with E-state index >= 15 is 9.59 Å². The van der Waals surface area contributed by atoms with Gasteiger partial charge in [0.05, 0.1) is 18.2 Å². The molecule has 24 heteroatoms. The summed E-state index contributed by atoms with van der Waals surface area (Å²) in [7, 11) is 9.63. The van der Waals surface area contributed by atoms with Crippen molar-refractivity contribution in [3.8, 4) is 0 Å². The number of carbonyl (C=O) groups is 11. The van der Waals surface area contributed by atoms with Crippen LogP contribution in [0.25, 0.3) is 0 Å². The molecule has 24 nitrogen and oxygen atoms in total. The molecule has 1 fully saturated rings. The van der Waals surface area contributed by atoms with E-state index in [1.807, 2.05) is 41.5 Å². The number of aliphatic hydroxyl groups is 2. The molecule has 12 atom stereocenters. The van der Waals surface area contributed by atoms with Gasteiger partial charge >= 0.3 is 0 Å². The van der Waals surface area contributed by atoms with Crippen LogP contribution >= 0.6 is 0 Å². The Labute approximate surface area is 513 Å². The van der Waals surface area contributed by atoms with Gasteiger partial charge in [-0.25, -0.2) is 0 Å². The van der Waals surface area contributed by atoms with Crippen LogP contribution < -0.4 is 21.3 Å². The molecule has 1 unspecified atom stereocenters. The third-order valence-corrected chi connectivity index (χ3v) is 16.1. The van der Waals surface area contributed by atoms with Crippen molar-refractivity contribution in [1.82, 2.24) is 55.6 Å². The van der Waals surface area contributed by atoms with Crippen LogP contribution in [0.15, 0.2) is 12.2 Å². The first kappa shape index (κ1) is 77.8. The third kappa shape index (κ3) is 21.9. The van der Waals surface area contributed by atoms with Crippen molar-refractivity contribution in [2.45, 2.75) is 228 Å². The molecular formula is C62H111N11O13. The summed E-state index contributed by atoms with van der Waals surface area (Å²) < 4.78 is 0. The highest BCUT2D eigenvalue weighted by Crippen LogP contribution is 2.26. The van der Waals surface area contributed by atoms with Gasteiger partial charge in [-0.15, -0.1) is 0 Å². The zero-order chi connectivity index (χ0) is 66.9.